The third-order valence-corrected chi connectivity index (χ3v) is 3.69. The minimum absolute atomic E-state index is 0.0692. The Balaban J connectivity index is 2.60. The molecule has 0 fully saturated rings. The molecule has 0 aliphatic heterocycles. The number of alkyl halides is 1. The number of hydrogen-bond donors (Lipinski definition) is 1. The van der Waals surface area contributed by atoms with Crippen LogP contribution < -0.4 is 5.73 Å². The van der Waals surface area contributed by atoms with E-state index >= 15 is 0 Å². The number of esters is 1. The minimum atomic E-state index is -0.860. The van der Waals surface area contributed by atoms with Crippen molar-refractivity contribution in [2.24, 2.45) is 0 Å². The summed E-state index contributed by atoms with van der Waals surface area (Å²) in [6.45, 7) is 4.94. The fourth-order valence-corrected chi connectivity index (χ4v) is 2.39. The predicted octanol–water partition coefficient (Wildman–Crippen LogP) is 3.50. The number of halogens is 1. The molecule has 0 spiro atoms. The zero-order valence-electron chi connectivity index (χ0n) is 15.0. The molecule has 0 amide bonds. The molecule has 142 valence electrons. The minimum Gasteiger partial charge on any atom is -0.456 e. The summed E-state index contributed by atoms with van der Waals surface area (Å²) >= 11 is 5.75. The van der Waals surface area contributed by atoms with Crippen LogP contribution in [0, 0.1) is 10.1 Å². The van der Waals surface area contributed by atoms with Gasteiger partial charge in [0.05, 0.1) is 27.7 Å². The van der Waals surface area contributed by atoms with Crippen molar-refractivity contribution in [3.8, 4) is 0 Å². The number of nitrogens with zero attached hydrogens (tertiary/aromatic N) is 2. The molecule has 0 saturated carbocycles. The second kappa shape index (κ2) is 7.71. The Labute approximate surface area is 160 Å². The number of nitro benzene ring substituents is 1. The zero-order valence-corrected chi connectivity index (χ0v) is 15.7. The number of nitrogen functional groups attached to an aromatic ring is 1. The van der Waals surface area contributed by atoms with Gasteiger partial charge in [0.25, 0.3) is 5.69 Å². The molecule has 1 aromatic carbocycles. The molecule has 2 aromatic rings. The molecular weight excluding hydrogens is 374 g/mol. The number of aromatic nitrogens is 1. The fraction of sp³-hybridized carbons (Fsp3) is 0.278. The number of nitro groups is 1. The zero-order chi connectivity index (χ0) is 20.4. The Hall–Kier alpha value is -3.00. The normalized spacial score (nSPS) is 11.1. The van der Waals surface area contributed by atoms with Crippen LogP contribution in [0.15, 0.2) is 30.3 Å². The monoisotopic (exact) mass is 391 g/mol. The van der Waals surface area contributed by atoms with Crippen molar-refractivity contribution in [3.63, 3.8) is 0 Å². The molecule has 1 heterocycles. The average molecular weight is 392 g/mol. The van der Waals surface area contributed by atoms with Crippen molar-refractivity contribution in [3.05, 3.63) is 63.0 Å². The van der Waals surface area contributed by atoms with Crippen LogP contribution in [0.2, 0.25) is 0 Å². The number of anilines is 1. The molecule has 0 aliphatic carbocycles. The first-order valence-corrected chi connectivity index (χ1v) is 8.45. The number of hydrogen-bond acceptors (Lipinski definition) is 7. The van der Waals surface area contributed by atoms with Gasteiger partial charge >= 0.3 is 5.97 Å². The Morgan fingerprint density at radius 1 is 1.22 bits per heavy atom. The maximum Gasteiger partial charge on any atom is 0.339 e. The van der Waals surface area contributed by atoms with Gasteiger partial charge in [-0.2, -0.15) is 0 Å². The first kappa shape index (κ1) is 20.3. The molecule has 0 saturated heterocycles. The van der Waals surface area contributed by atoms with Gasteiger partial charge in [-0.15, -0.1) is 11.6 Å². The van der Waals surface area contributed by atoms with E-state index in [0.29, 0.717) is 5.69 Å². The molecule has 0 radical (unpaired) electrons. The Morgan fingerprint density at radius 3 is 2.44 bits per heavy atom. The highest BCUT2D eigenvalue weighted by Gasteiger charge is 2.27. The van der Waals surface area contributed by atoms with E-state index in [1.165, 1.54) is 12.1 Å². The summed E-state index contributed by atoms with van der Waals surface area (Å²) in [5, 5.41) is 11.1. The molecule has 8 nitrogen and oxygen atoms in total. The summed E-state index contributed by atoms with van der Waals surface area (Å²) < 4.78 is 5.27. The summed E-state index contributed by atoms with van der Waals surface area (Å²) in [5.41, 5.74) is 4.75. The van der Waals surface area contributed by atoms with E-state index in [9.17, 15) is 19.7 Å². The predicted molar refractivity (Wildman–Crippen MR) is 99.9 cm³/mol. The third kappa shape index (κ3) is 4.79. The van der Waals surface area contributed by atoms with Crippen molar-refractivity contribution in [1.82, 2.24) is 4.98 Å². The van der Waals surface area contributed by atoms with E-state index in [1.807, 2.05) is 0 Å². The Morgan fingerprint density at radius 2 is 1.89 bits per heavy atom. The van der Waals surface area contributed by atoms with Crippen LogP contribution in [0.4, 0.5) is 11.4 Å². The lowest BCUT2D eigenvalue weighted by atomic mass is 9.99. The van der Waals surface area contributed by atoms with Gasteiger partial charge in [0, 0.05) is 17.7 Å². The van der Waals surface area contributed by atoms with E-state index in [1.54, 1.807) is 26.8 Å². The molecule has 9 heteroatoms. The fourth-order valence-electron chi connectivity index (χ4n) is 2.24. The van der Waals surface area contributed by atoms with Gasteiger partial charge < -0.3 is 10.5 Å². The quantitative estimate of drug-likeness (QED) is 0.272. The summed E-state index contributed by atoms with van der Waals surface area (Å²) in [7, 11) is 0. The van der Waals surface area contributed by atoms with Gasteiger partial charge in [0.1, 0.15) is 11.3 Å². The molecule has 0 bridgehead atoms. The lowest BCUT2D eigenvalue weighted by molar-refractivity contribution is -0.384. The standard InChI is InChI=1S/C18H18ClN3O5/c1-18(2,3)27-17(24)13-8-11(22(25)26)5-6-12(13)16(23)15-14(20)7-4-10(9-19)21-15/h4-8H,9,20H2,1-3H3. The summed E-state index contributed by atoms with van der Waals surface area (Å²) in [4.78, 5) is 40.0. The average Bonchev–Trinajstić information content (AvgIpc) is 2.59. The molecule has 0 unspecified atom stereocenters. The lowest BCUT2D eigenvalue weighted by Gasteiger charge is -2.20. The summed E-state index contributed by atoms with van der Waals surface area (Å²) in [5.74, 6) is -1.45. The van der Waals surface area contributed by atoms with Crippen LogP contribution >= 0.6 is 11.6 Å². The molecular formula is C18H18ClN3O5. The van der Waals surface area contributed by atoms with Crippen LogP contribution in [-0.4, -0.2) is 27.3 Å². The smallest absolute Gasteiger partial charge is 0.339 e. The van der Waals surface area contributed by atoms with Crippen molar-refractivity contribution >= 4 is 34.7 Å². The van der Waals surface area contributed by atoms with Crippen molar-refractivity contribution in [1.29, 1.82) is 0 Å². The van der Waals surface area contributed by atoms with E-state index in [0.717, 1.165) is 12.1 Å². The van der Waals surface area contributed by atoms with Crippen LogP contribution in [0.5, 0.6) is 0 Å². The number of ether oxygens (including phenoxy) is 1. The number of benzene rings is 1. The molecule has 0 aliphatic rings. The number of ketones is 1. The molecule has 27 heavy (non-hydrogen) atoms. The van der Waals surface area contributed by atoms with Crippen LogP contribution in [0.1, 0.15) is 52.9 Å². The Bertz CT molecular complexity index is 922. The van der Waals surface area contributed by atoms with Crippen LogP contribution in [0.3, 0.4) is 0 Å². The first-order valence-electron chi connectivity index (χ1n) is 7.91. The second-order valence-electron chi connectivity index (χ2n) is 6.69. The number of pyridine rings is 1. The van der Waals surface area contributed by atoms with Gasteiger partial charge in [-0.05, 0) is 39.0 Å². The SMILES string of the molecule is CC(C)(C)OC(=O)c1cc([N+](=O)[O-])ccc1C(=O)c1nc(CCl)ccc1N. The third-order valence-electron chi connectivity index (χ3n) is 3.41. The number of carbonyl (C=O) groups is 2. The number of rotatable bonds is 5. The van der Waals surface area contributed by atoms with Crippen molar-refractivity contribution in [2.75, 3.05) is 5.73 Å². The van der Waals surface area contributed by atoms with Gasteiger partial charge in [0.15, 0.2) is 0 Å². The number of non-ortho nitro benzene ring substituents is 1. The topological polar surface area (TPSA) is 125 Å². The largest absolute Gasteiger partial charge is 0.456 e. The first-order chi connectivity index (χ1) is 12.5. The number of nitrogens with two attached hydrogens (primary N) is 1. The van der Waals surface area contributed by atoms with Gasteiger partial charge in [-0.1, -0.05) is 0 Å². The maximum absolute atomic E-state index is 12.9. The van der Waals surface area contributed by atoms with Crippen LogP contribution in [-0.2, 0) is 10.6 Å². The van der Waals surface area contributed by atoms with E-state index in [4.69, 9.17) is 22.1 Å². The molecule has 0 atom stereocenters. The number of carbonyl (C=O) groups excluding carboxylic acids is 2. The summed E-state index contributed by atoms with van der Waals surface area (Å²) in [6.07, 6.45) is 0. The van der Waals surface area contributed by atoms with E-state index in [-0.39, 0.29) is 34.1 Å². The molecule has 2 rings (SSSR count). The van der Waals surface area contributed by atoms with E-state index in [2.05, 4.69) is 4.98 Å². The highest BCUT2D eigenvalue weighted by Crippen LogP contribution is 2.25. The lowest BCUT2D eigenvalue weighted by Crippen LogP contribution is -2.25. The van der Waals surface area contributed by atoms with E-state index < -0.39 is 22.3 Å². The second-order valence-corrected chi connectivity index (χ2v) is 6.96. The highest BCUT2D eigenvalue weighted by atomic mass is 35.5. The Kier molecular flexibility index (Phi) is 5.80. The summed E-state index contributed by atoms with van der Waals surface area (Å²) in [6, 6.07) is 6.38. The van der Waals surface area contributed by atoms with Crippen molar-refractivity contribution in [2.45, 2.75) is 32.3 Å². The molecule has 2 N–H and O–H groups in total. The van der Waals surface area contributed by atoms with Gasteiger partial charge in [-0.3, -0.25) is 14.9 Å². The molecule has 1 aromatic heterocycles. The van der Waals surface area contributed by atoms with Gasteiger partial charge in [0.2, 0.25) is 5.78 Å². The highest BCUT2D eigenvalue weighted by molar-refractivity contribution is 6.17. The van der Waals surface area contributed by atoms with Crippen molar-refractivity contribution < 1.29 is 19.2 Å². The van der Waals surface area contributed by atoms with Crippen LogP contribution in [0.25, 0.3) is 0 Å². The maximum atomic E-state index is 12.9. The van der Waals surface area contributed by atoms with Gasteiger partial charge in [-0.25, -0.2) is 9.78 Å².